The zero-order valence-electron chi connectivity index (χ0n) is 11.2. The van der Waals surface area contributed by atoms with Crippen LogP contribution in [0.25, 0.3) is 0 Å². The lowest BCUT2D eigenvalue weighted by Crippen LogP contribution is -2.39. The normalized spacial score (nSPS) is 19.4. The monoisotopic (exact) mass is 232 g/mol. The molecular weight excluding hydrogens is 208 g/mol. The molecule has 1 fully saturated rings. The summed E-state index contributed by atoms with van der Waals surface area (Å²) in [5, 5.41) is 0. The number of rotatable bonds is 5. The Bertz CT molecular complexity index is 354. The van der Waals surface area contributed by atoms with E-state index in [0.29, 0.717) is 6.04 Å². The average Bonchev–Trinajstić information content (AvgIpc) is 3.20. The van der Waals surface area contributed by atoms with Gasteiger partial charge in [-0.2, -0.15) is 0 Å². The number of aryl methyl sites for hydroxylation is 1. The Morgan fingerprint density at radius 2 is 1.88 bits per heavy atom. The number of nitrogens with two attached hydrogens (primary N) is 1. The highest BCUT2D eigenvalue weighted by Crippen LogP contribution is 2.30. The molecular formula is C15H24N2. The highest BCUT2D eigenvalue weighted by molar-refractivity contribution is 5.25. The molecule has 94 valence electrons. The molecule has 1 aromatic rings. The van der Waals surface area contributed by atoms with Crippen molar-refractivity contribution in [3.63, 3.8) is 0 Å². The smallest absolute Gasteiger partial charge is 0.0450 e. The van der Waals surface area contributed by atoms with Crippen molar-refractivity contribution in [2.45, 2.75) is 51.2 Å². The quantitative estimate of drug-likeness (QED) is 0.846. The molecule has 0 amide bonds. The largest absolute Gasteiger partial charge is 0.323 e. The molecule has 1 aliphatic carbocycles. The van der Waals surface area contributed by atoms with Crippen LogP contribution < -0.4 is 5.73 Å². The van der Waals surface area contributed by atoms with Gasteiger partial charge >= 0.3 is 0 Å². The summed E-state index contributed by atoms with van der Waals surface area (Å²) in [6, 6.07) is 10.0. The van der Waals surface area contributed by atoms with Crippen LogP contribution in [0.5, 0.6) is 0 Å². The van der Waals surface area contributed by atoms with Crippen molar-refractivity contribution in [3.8, 4) is 0 Å². The van der Waals surface area contributed by atoms with Gasteiger partial charge in [-0.3, -0.25) is 4.90 Å². The minimum absolute atomic E-state index is 0.117. The number of likely N-dealkylation sites (N-methyl/N-ethyl adjacent to an activating group) is 1. The standard InChI is InChI=1S/C15H24N2/c1-4-12-5-7-13(8-6-12)15(16)11(2)17(3)14-9-10-14/h5-8,11,14-15H,4,9-10,16H2,1-3H3. The second-order valence-electron chi connectivity index (χ2n) is 5.26. The SMILES string of the molecule is CCc1ccc(C(N)C(C)N(C)C2CC2)cc1. The Kier molecular flexibility index (Phi) is 3.85. The number of hydrogen-bond acceptors (Lipinski definition) is 2. The van der Waals surface area contributed by atoms with Crippen LogP contribution in [0.1, 0.15) is 43.9 Å². The third-order valence-corrected chi connectivity index (χ3v) is 4.06. The lowest BCUT2D eigenvalue weighted by Gasteiger charge is -2.30. The molecule has 2 N–H and O–H groups in total. The van der Waals surface area contributed by atoms with E-state index in [1.807, 2.05) is 0 Å². The summed E-state index contributed by atoms with van der Waals surface area (Å²) in [5.74, 6) is 0. The Labute approximate surface area is 105 Å². The van der Waals surface area contributed by atoms with E-state index in [1.54, 1.807) is 0 Å². The maximum atomic E-state index is 6.35. The Morgan fingerprint density at radius 1 is 1.29 bits per heavy atom. The lowest BCUT2D eigenvalue weighted by molar-refractivity contribution is 0.217. The molecule has 0 saturated heterocycles. The van der Waals surface area contributed by atoms with Crippen molar-refractivity contribution in [1.29, 1.82) is 0 Å². The van der Waals surface area contributed by atoms with Crippen LogP contribution in [0, 0.1) is 0 Å². The van der Waals surface area contributed by atoms with E-state index < -0.39 is 0 Å². The first kappa shape index (κ1) is 12.6. The highest BCUT2D eigenvalue weighted by Gasteiger charge is 2.31. The van der Waals surface area contributed by atoms with E-state index in [-0.39, 0.29) is 6.04 Å². The maximum absolute atomic E-state index is 6.35. The van der Waals surface area contributed by atoms with E-state index >= 15 is 0 Å². The molecule has 0 aromatic heterocycles. The van der Waals surface area contributed by atoms with Crippen LogP contribution in [0.4, 0.5) is 0 Å². The highest BCUT2D eigenvalue weighted by atomic mass is 15.2. The van der Waals surface area contributed by atoms with Gasteiger partial charge in [0.1, 0.15) is 0 Å². The van der Waals surface area contributed by atoms with Crippen molar-refractivity contribution in [2.24, 2.45) is 5.73 Å². The van der Waals surface area contributed by atoms with Gasteiger partial charge in [-0.1, -0.05) is 31.2 Å². The molecule has 2 heteroatoms. The predicted molar refractivity (Wildman–Crippen MR) is 73.0 cm³/mol. The Balaban J connectivity index is 2.03. The van der Waals surface area contributed by atoms with E-state index in [1.165, 1.54) is 24.0 Å². The summed E-state index contributed by atoms with van der Waals surface area (Å²) >= 11 is 0. The van der Waals surface area contributed by atoms with Crippen LogP contribution in [-0.4, -0.2) is 24.0 Å². The fourth-order valence-corrected chi connectivity index (χ4v) is 2.32. The first-order chi connectivity index (χ1) is 8.13. The van der Waals surface area contributed by atoms with E-state index in [9.17, 15) is 0 Å². The number of hydrogen-bond donors (Lipinski definition) is 1. The van der Waals surface area contributed by atoms with E-state index in [2.05, 4.69) is 50.1 Å². The van der Waals surface area contributed by atoms with E-state index in [4.69, 9.17) is 5.73 Å². The third-order valence-electron chi connectivity index (χ3n) is 4.06. The first-order valence-corrected chi connectivity index (χ1v) is 6.69. The van der Waals surface area contributed by atoms with Crippen LogP contribution in [0.15, 0.2) is 24.3 Å². The van der Waals surface area contributed by atoms with Crippen molar-refractivity contribution < 1.29 is 0 Å². The molecule has 0 radical (unpaired) electrons. The van der Waals surface area contributed by atoms with Crippen LogP contribution >= 0.6 is 0 Å². The summed E-state index contributed by atoms with van der Waals surface area (Å²) in [7, 11) is 2.20. The van der Waals surface area contributed by atoms with Gasteiger partial charge in [0.2, 0.25) is 0 Å². The second kappa shape index (κ2) is 5.19. The molecule has 2 rings (SSSR count). The fourth-order valence-electron chi connectivity index (χ4n) is 2.32. The van der Waals surface area contributed by atoms with Gasteiger partial charge in [-0.15, -0.1) is 0 Å². The third kappa shape index (κ3) is 2.88. The molecule has 0 spiro atoms. The molecule has 1 aromatic carbocycles. The zero-order valence-corrected chi connectivity index (χ0v) is 11.2. The topological polar surface area (TPSA) is 29.3 Å². The summed E-state index contributed by atoms with van der Waals surface area (Å²) in [5.41, 5.74) is 8.99. The summed E-state index contributed by atoms with van der Waals surface area (Å²) in [4.78, 5) is 2.43. The van der Waals surface area contributed by atoms with Crippen molar-refractivity contribution in [3.05, 3.63) is 35.4 Å². The zero-order chi connectivity index (χ0) is 12.4. The minimum Gasteiger partial charge on any atom is -0.323 e. The molecule has 2 unspecified atom stereocenters. The summed E-state index contributed by atoms with van der Waals surface area (Å²) < 4.78 is 0. The van der Waals surface area contributed by atoms with E-state index in [0.717, 1.165) is 12.5 Å². The molecule has 2 atom stereocenters. The lowest BCUT2D eigenvalue weighted by atomic mass is 9.98. The first-order valence-electron chi connectivity index (χ1n) is 6.69. The van der Waals surface area contributed by atoms with Gasteiger partial charge in [-0.05, 0) is 44.4 Å². The fraction of sp³-hybridized carbons (Fsp3) is 0.600. The van der Waals surface area contributed by atoms with Gasteiger partial charge in [0, 0.05) is 18.1 Å². The predicted octanol–water partition coefficient (Wildman–Crippen LogP) is 2.73. The van der Waals surface area contributed by atoms with Crippen LogP contribution in [-0.2, 0) is 6.42 Å². The van der Waals surface area contributed by atoms with Crippen molar-refractivity contribution >= 4 is 0 Å². The summed E-state index contributed by atoms with van der Waals surface area (Å²) in [6.07, 6.45) is 3.76. The molecule has 1 aliphatic rings. The van der Waals surface area contributed by atoms with Gasteiger partial charge in [-0.25, -0.2) is 0 Å². The molecule has 2 nitrogen and oxygen atoms in total. The van der Waals surface area contributed by atoms with Crippen molar-refractivity contribution in [2.75, 3.05) is 7.05 Å². The Morgan fingerprint density at radius 3 is 2.35 bits per heavy atom. The molecule has 17 heavy (non-hydrogen) atoms. The summed E-state index contributed by atoms with van der Waals surface area (Å²) in [6.45, 7) is 4.41. The molecule has 0 bridgehead atoms. The molecule has 0 heterocycles. The number of nitrogens with zero attached hydrogens (tertiary/aromatic N) is 1. The minimum atomic E-state index is 0.117. The maximum Gasteiger partial charge on any atom is 0.0450 e. The second-order valence-corrected chi connectivity index (χ2v) is 5.26. The van der Waals surface area contributed by atoms with Crippen molar-refractivity contribution in [1.82, 2.24) is 4.90 Å². The molecule has 0 aliphatic heterocycles. The number of benzene rings is 1. The van der Waals surface area contributed by atoms with Gasteiger partial charge in [0.25, 0.3) is 0 Å². The Hall–Kier alpha value is -0.860. The molecule has 1 saturated carbocycles. The van der Waals surface area contributed by atoms with Crippen LogP contribution in [0.3, 0.4) is 0 Å². The van der Waals surface area contributed by atoms with Gasteiger partial charge < -0.3 is 5.73 Å². The van der Waals surface area contributed by atoms with Crippen LogP contribution in [0.2, 0.25) is 0 Å². The average molecular weight is 232 g/mol. The van der Waals surface area contributed by atoms with Gasteiger partial charge in [0.15, 0.2) is 0 Å². The van der Waals surface area contributed by atoms with Gasteiger partial charge in [0.05, 0.1) is 0 Å².